The molecule has 0 saturated carbocycles. The van der Waals surface area contributed by atoms with E-state index in [1.165, 1.54) is 5.56 Å². The molecule has 16 heavy (non-hydrogen) atoms. The van der Waals surface area contributed by atoms with Crippen molar-refractivity contribution in [3.05, 3.63) is 16.7 Å². The highest BCUT2D eigenvalue weighted by molar-refractivity contribution is 5.80. The molecule has 3 heteroatoms. The topological polar surface area (TPSA) is 78.1 Å². The Kier molecular flexibility index (Phi) is 4.05. The van der Waals surface area contributed by atoms with Gasteiger partial charge in [0.05, 0.1) is 11.4 Å². The van der Waals surface area contributed by atoms with E-state index in [1.807, 2.05) is 6.92 Å². The van der Waals surface area contributed by atoms with Gasteiger partial charge < -0.3 is 17.2 Å². The number of hydrogen-bond acceptors (Lipinski definition) is 3. The van der Waals surface area contributed by atoms with Crippen molar-refractivity contribution in [3.8, 4) is 0 Å². The van der Waals surface area contributed by atoms with Crippen molar-refractivity contribution in [1.29, 1.82) is 0 Å². The van der Waals surface area contributed by atoms with E-state index in [4.69, 9.17) is 17.2 Å². The van der Waals surface area contributed by atoms with Gasteiger partial charge in [0.15, 0.2) is 0 Å². The first kappa shape index (κ1) is 12.7. The molecule has 0 radical (unpaired) electrons. The van der Waals surface area contributed by atoms with Gasteiger partial charge in [-0.2, -0.15) is 0 Å². The normalized spacial score (nSPS) is 10.7. The summed E-state index contributed by atoms with van der Waals surface area (Å²) >= 11 is 0. The van der Waals surface area contributed by atoms with Crippen molar-refractivity contribution in [2.45, 2.75) is 46.5 Å². The minimum Gasteiger partial charge on any atom is -0.398 e. The third-order valence-corrected chi connectivity index (χ3v) is 3.12. The number of rotatable bonds is 4. The lowest BCUT2D eigenvalue weighted by atomic mass is 9.93. The summed E-state index contributed by atoms with van der Waals surface area (Å²) in [5, 5.41) is 0. The summed E-state index contributed by atoms with van der Waals surface area (Å²) in [7, 11) is 0. The smallest absolute Gasteiger partial charge is 0.0603 e. The van der Waals surface area contributed by atoms with Crippen LogP contribution in [0.5, 0.6) is 0 Å². The first-order valence-corrected chi connectivity index (χ1v) is 5.99. The van der Waals surface area contributed by atoms with Crippen LogP contribution in [0.4, 0.5) is 17.1 Å². The summed E-state index contributed by atoms with van der Waals surface area (Å²) in [5.41, 5.74) is 23.8. The van der Waals surface area contributed by atoms with Gasteiger partial charge in [-0.3, -0.25) is 0 Å². The molecule has 0 aliphatic carbocycles. The molecule has 0 aliphatic rings. The van der Waals surface area contributed by atoms with Crippen LogP contribution in [-0.2, 0) is 12.8 Å². The molecular formula is C13H23N3. The number of benzene rings is 1. The van der Waals surface area contributed by atoms with Crippen molar-refractivity contribution in [2.24, 2.45) is 0 Å². The lowest BCUT2D eigenvalue weighted by molar-refractivity contribution is 0.896. The van der Waals surface area contributed by atoms with Crippen LogP contribution in [-0.4, -0.2) is 0 Å². The molecule has 0 bridgehead atoms. The number of nitrogens with two attached hydrogens (primary N) is 3. The second-order valence-corrected chi connectivity index (χ2v) is 4.32. The monoisotopic (exact) mass is 221 g/mol. The van der Waals surface area contributed by atoms with Crippen LogP contribution in [0.2, 0.25) is 0 Å². The Hall–Kier alpha value is -1.38. The predicted molar refractivity (Wildman–Crippen MR) is 72.4 cm³/mol. The number of nitrogen functional groups attached to an aromatic ring is 3. The lowest BCUT2D eigenvalue weighted by Crippen LogP contribution is -2.10. The molecule has 1 aromatic carbocycles. The van der Waals surface area contributed by atoms with E-state index >= 15 is 0 Å². The fourth-order valence-electron chi connectivity index (χ4n) is 2.15. The summed E-state index contributed by atoms with van der Waals surface area (Å²) in [6.45, 7) is 6.27. The van der Waals surface area contributed by atoms with E-state index in [1.54, 1.807) is 0 Å². The highest BCUT2D eigenvalue weighted by Crippen LogP contribution is 2.35. The van der Waals surface area contributed by atoms with Gasteiger partial charge in [0.2, 0.25) is 0 Å². The van der Waals surface area contributed by atoms with E-state index < -0.39 is 0 Å². The third kappa shape index (κ3) is 2.08. The molecule has 0 aromatic heterocycles. The fourth-order valence-corrected chi connectivity index (χ4v) is 2.15. The first-order chi connectivity index (χ1) is 7.54. The minimum absolute atomic E-state index is 0.678. The van der Waals surface area contributed by atoms with E-state index in [9.17, 15) is 0 Å². The maximum Gasteiger partial charge on any atom is 0.0603 e. The van der Waals surface area contributed by atoms with Gasteiger partial charge in [-0.1, -0.05) is 26.7 Å². The van der Waals surface area contributed by atoms with Gasteiger partial charge in [-0.15, -0.1) is 0 Å². The fraction of sp³-hybridized carbons (Fsp3) is 0.538. The van der Waals surface area contributed by atoms with E-state index in [0.717, 1.165) is 42.5 Å². The van der Waals surface area contributed by atoms with Crippen molar-refractivity contribution in [2.75, 3.05) is 17.2 Å². The zero-order valence-corrected chi connectivity index (χ0v) is 10.6. The summed E-state index contributed by atoms with van der Waals surface area (Å²) in [6, 6.07) is 0. The maximum absolute atomic E-state index is 6.19. The maximum atomic E-state index is 6.19. The molecule has 3 nitrogen and oxygen atoms in total. The molecule has 1 aromatic rings. The Bertz CT molecular complexity index is 350. The van der Waals surface area contributed by atoms with Crippen LogP contribution < -0.4 is 17.2 Å². The van der Waals surface area contributed by atoms with Crippen molar-refractivity contribution >= 4 is 17.1 Å². The standard InChI is InChI=1S/C13H23N3/c1-4-6-9-8(3)11(14)13(16)10(7-5-2)12(9)15/h4-7,14-16H2,1-3H3. The quantitative estimate of drug-likeness (QED) is 0.684. The molecule has 6 N–H and O–H groups in total. The molecule has 0 heterocycles. The lowest BCUT2D eigenvalue weighted by Gasteiger charge is -2.19. The van der Waals surface area contributed by atoms with E-state index in [0.29, 0.717) is 11.4 Å². The van der Waals surface area contributed by atoms with Crippen LogP contribution in [0.3, 0.4) is 0 Å². The van der Waals surface area contributed by atoms with Crippen molar-refractivity contribution < 1.29 is 0 Å². The molecule has 90 valence electrons. The zero-order chi connectivity index (χ0) is 12.3. The summed E-state index contributed by atoms with van der Waals surface area (Å²) in [5.74, 6) is 0. The van der Waals surface area contributed by atoms with Gasteiger partial charge in [0.25, 0.3) is 0 Å². The first-order valence-electron chi connectivity index (χ1n) is 5.99. The average molecular weight is 221 g/mol. The van der Waals surface area contributed by atoms with Gasteiger partial charge in [-0.05, 0) is 30.9 Å². The van der Waals surface area contributed by atoms with Crippen LogP contribution in [0.1, 0.15) is 43.4 Å². The van der Waals surface area contributed by atoms with Gasteiger partial charge in [-0.25, -0.2) is 0 Å². The molecule has 0 atom stereocenters. The van der Waals surface area contributed by atoms with Crippen LogP contribution in [0, 0.1) is 6.92 Å². The van der Waals surface area contributed by atoms with Crippen molar-refractivity contribution in [3.63, 3.8) is 0 Å². The average Bonchev–Trinajstić information content (AvgIpc) is 2.28. The number of hydrogen-bond donors (Lipinski definition) is 3. The Morgan fingerprint density at radius 2 is 1.25 bits per heavy atom. The van der Waals surface area contributed by atoms with E-state index in [2.05, 4.69) is 13.8 Å². The highest BCUT2D eigenvalue weighted by Gasteiger charge is 2.15. The second-order valence-electron chi connectivity index (χ2n) is 4.32. The summed E-state index contributed by atoms with van der Waals surface area (Å²) < 4.78 is 0. The number of anilines is 3. The molecule has 0 saturated heterocycles. The largest absolute Gasteiger partial charge is 0.398 e. The summed E-state index contributed by atoms with van der Waals surface area (Å²) in [4.78, 5) is 0. The molecule has 0 amide bonds. The van der Waals surface area contributed by atoms with Crippen LogP contribution >= 0.6 is 0 Å². The van der Waals surface area contributed by atoms with Gasteiger partial charge >= 0.3 is 0 Å². The molecular weight excluding hydrogens is 198 g/mol. The van der Waals surface area contributed by atoms with Crippen LogP contribution in [0.25, 0.3) is 0 Å². The Balaban J connectivity index is 3.39. The summed E-state index contributed by atoms with van der Waals surface area (Å²) in [6.07, 6.45) is 3.97. The Morgan fingerprint density at radius 3 is 1.75 bits per heavy atom. The Labute approximate surface area is 98.0 Å². The molecule has 0 fully saturated rings. The van der Waals surface area contributed by atoms with E-state index in [-0.39, 0.29) is 0 Å². The Morgan fingerprint density at radius 1 is 0.750 bits per heavy atom. The third-order valence-electron chi connectivity index (χ3n) is 3.12. The molecule has 0 aliphatic heterocycles. The molecule has 0 unspecified atom stereocenters. The SMILES string of the molecule is CCCc1c(C)c(N)c(N)c(CCC)c1N. The highest BCUT2D eigenvalue weighted by atomic mass is 14.7. The molecule has 1 rings (SSSR count). The van der Waals surface area contributed by atoms with Crippen molar-refractivity contribution in [1.82, 2.24) is 0 Å². The minimum atomic E-state index is 0.678. The predicted octanol–water partition coefficient (Wildman–Crippen LogP) is 2.65. The zero-order valence-electron chi connectivity index (χ0n) is 10.6. The molecule has 0 spiro atoms. The van der Waals surface area contributed by atoms with Gasteiger partial charge in [0.1, 0.15) is 0 Å². The second kappa shape index (κ2) is 5.10. The van der Waals surface area contributed by atoms with Gasteiger partial charge in [0, 0.05) is 11.3 Å². The van der Waals surface area contributed by atoms with Crippen LogP contribution in [0.15, 0.2) is 0 Å².